The van der Waals surface area contributed by atoms with E-state index in [9.17, 15) is 9.18 Å². The van der Waals surface area contributed by atoms with Gasteiger partial charge in [-0.05, 0) is 44.8 Å². The van der Waals surface area contributed by atoms with Crippen molar-refractivity contribution in [3.8, 4) is 0 Å². The van der Waals surface area contributed by atoms with Gasteiger partial charge in [-0.1, -0.05) is 12.1 Å². The standard InChI is InChI=1S/C17H19FN4O/c1-17(2,22-16(23)13-10-6-19-7-11(10)13)15-9-4-3-5-12(18)14(9)20-8-21-15/h3-5,8,10-11,13,19H,6-7H2,1-2H3,(H,22,23)/t10-,11+,13+. The average Bonchev–Trinajstić information content (AvgIpc) is 3.00. The summed E-state index contributed by atoms with van der Waals surface area (Å²) in [6.45, 7) is 5.64. The van der Waals surface area contributed by atoms with E-state index in [-0.39, 0.29) is 23.2 Å². The Morgan fingerprint density at radius 2 is 2.04 bits per heavy atom. The summed E-state index contributed by atoms with van der Waals surface area (Å²) in [7, 11) is 0. The number of hydrogen-bond donors (Lipinski definition) is 2. The minimum absolute atomic E-state index is 0.0645. The van der Waals surface area contributed by atoms with E-state index in [2.05, 4.69) is 20.6 Å². The molecular weight excluding hydrogens is 295 g/mol. The van der Waals surface area contributed by atoms with Gasteiger partial charge in [-0.15, -0.1) is 0 Å². The van der Waals surface area contributed by atoms with Crippen LogP contribution in [-0.4, -0.2) is 29.0 Å². The molecule has 0 bridgehead atoms. The zero-order chi connectivity index (χ0) is 16.2. The van der Waals surface area contributed by atoms with Crippen LogP contribution in [0.15, 0.2) is 24.5 Å². The van der Waals surface area contributed by atoms with Gasteiger partial charge in [-0.3, -0.25) is 4.79 Å². The number of rotatable bonds is 3. The first-order valence-corrected chi connectivity index (χ1v) is 7.91. The third-order valence-electron chi connectivity index (χ3n) is 5.04. The predicted molar refractivity (Wildman–Crippen MR) is 84.0 cm³/mol. The van der Waals surface area contributed by atoms with Gasteiger partial charge in [-0.25, -0.2) is 14.4 Å². The molecule has 1 aliphatic heterocycles. The molecule has 2 N–H and O–H groups in total. The summed E-state index contributed by atoms with van der Waals surface area (Å²) < 4.78 is 13.9. The van der Waals surface area contributed by atoms with Crippen molar-refractivity contribution in [2.24, 2.45) is 17.8 Å². The molecule has 2 heterocycles. The molecule has 6 heteroatoms. The lowest BCUT2D eigenvalue weighted by Crippen LogP contribution is -2.43. The molecule has 2 fully saturated rings. The maximum absolute atomic E-state index is 13.9. The van der Waals surface area contributed by atoms with Gasteiger partial charge in [0.05, 0.1) is 11.2 Å². The zero-order valence-electron chi connectivity index (χ0n) is 13.1. The molecule has 1 aromatic heterocycles. The summed E-state index contributed by atoms with van der Waals surface area (Å²) in [5.41, 5.74) is 0.239. The maximum Gasteiger partial charge on any atom is 0.224 e. The molecule has 0 radical (unpaired) electrons. The van der Waals surface area contributed by atoms with Crippen LogP contribution in [0, 0.1) is 23.6 Å². The number of benzene rings is 1. The SMILES string of the molecule is CC(C)(NC(=O)[C@H]1[C@@H]2CNC[C@@H]21)c1ncnc2c(F)cccc12. The second-order valence-electron chi connectivity index (χ2n) is 6.98. The number of halogens is 1. The molecule has 0 spiro atoms. The molecule has 120 valence electrons. The van der Waals surface area contributed by atoms with Crippen molar-refractivity contribution in [2.45, 2.75) is 19.4 Å². The Bertz CT molecular complexity index is 781. The van der Waals surface area contributed by atoms with Gasteiger partial charge >= 0.3 is 0 Å². The third-order valence-corrected chi connectivity index (χ3v) is 5.04. The van der Waals surface area contributed by atoms with E-state index in [1.807, 2.05) is 13.8 Å². The fourth-order valence-electron chi connectivity index (χ4n) is 3.81. The van der Waals surface area contributed by atoms with E-state index in [0.29, 0.717) is 22.9 Å². The van der Waals surface area contributed by atoms with Crippen molar-refractivity contribution in [1.82, 2.24) is 20.6 Å². The second kappa shape index (κ2) is 4.96. The van der Waals surface area contributed by atoms with Crippen molar-refractivity contribution in [2.75, 3.05) is 13.1 Å². The van der Waals surface area contributed by atoms with Crippen LogP contribution in [0.1, 0.15) is 19.5 Å². The quantitative estimate of drug-likeness (QED) is 0.903. The number of carbonyl (C=O) groups excluding carboxylic acids is 1. The number of aromatic nitrogens is 2. The van der Waals surface area contributed by atoms with E-state index < -0.39 is 5.54 Å². The van der Waals surface area contributed by atoms with Gasteiger partial charge < -0.3 is 10.6 Å². The topological polar surface area (TPSA) is 66.9 Å². The predicted octanol–water partition coefficient (Wildman–Crippen LogP) is 1.59. The summed E-state index contributed by atoms with van der Waals surface area (Å²) >= 11 is 0. The van der Waals surface area contributed by atoms with Crippen LogP contribution in [-0.2, 0) is 10.3 Å². The van der Waals surface area contributed by atoms with E-state index in [0.717, 1.165) is 13.1 Å². The van der Waals surface area contributed by atoms with Crippen molar-refractivity contribution in [3.63, 3.8) is 0 Å². The van der Waals surface area contributed by atoms with Gasteiger partial charge in [0.25, 0.3) is 0 Å². The molecule has 1 saturated heterocycles. The normalized spacial score (nSPS) is 26.1. The summed E-state index contributed by atoms with van der Waals surface area (Å²) in [5, 5.41) is 7.02. The molecule has 2 aromatic rings. The minimum Gasteiger partial charge on any atom is -0.345 e. The van der Waals surface area contributed by atoms with Crippen LogP contribution >= 0.6 is 0 Å². The second-order valence-corrected chi connectivity index (χ2v) is 6.98. The summed E-state index contributed by atoms with van der Waals surface area (Å²) in [4.78, 5) is 20.9. The Labute approximate surface area is 133 Å². The summed E-state index contributed by atoms with van der Waals surface area (Å²) in [6.07, 6.45) is 1.35. The van der Waals surface area contributed by atoms with Crippen LogP contribution in [0.4, 0.5) is 4.39 Å². The molecule has 1 aliphatic carbocycles. The lowest BCUT2D eigenvalue weighted by molar-refractivity contribution is -0.124. The molecule has 1 saturated carbocycles. The maximum atomic E-state index is 13.9. The Kier molecular flexibility index (Phi) is 3.13. The Hall–Kier alpha value is -2.08. The average molecular weight is 314 g/mol. The third kappa shape index (κ3) is 2.28. The van der Waals surface area contributed by atoms with Crippen molar-refractivity contribution < 1.29 is 9.18 Å². The first-order valence-electron chi connectivity index (χ1n) is 7.91. The first-order chi connectivity index (χ1) is 11.0. The number of nitrogens with zero attached hydrogens (tertiary/aromatic N) is 2. The fraction of sp³-hybridized carbons (Fsp3) is 0.471. The van der Waals surface area contributed by atoms with Crippen molar-refractivity contribution in [3.05, 3.63) is 36.0 Å². The molecule has 0 unspecified atom stereocenters. The zero-order valence-corrected chi connectivity index (χ0v) is 13.1. The summed E-state index contributed by atoms with van der Waals surface area (Å²) in [6, 6.07) is 4.81. The Balaban J connectivity index is 1.63. The molecule has 1 amide bonds. The Morgan fingerprint density at radius 1 is 1.30 bits per heavy atom. The lowest BCUT2D eigenvalue weighted by Gasteiger charge is -2.27. The molecular formula is C17H19FN4O. The van der Waals surface area contributed by atoms with Gasteiger partial charge in [0, 0.05) is 11.3 Å². The van der Waals surface area contributed by atoms with Crippen LogP contribution in [0.2, 0.25) is 0 Å². The molecule has 23 heavy (non-hydrogen) atoms. The number of piperidine rings is 1. The lowest BCUT2D eigenvalue weighted by atomic mass is 9.95. The highest BCUT2D eigenvalue weighted by molar-refractivity contribution is 5.86. The van der Waals surface area contributed by atoms with Crippen LogP contribution < -0.4 is 10.6 Å². The number of para-hydroxylation sites is 1. The van der Waals surface area contributed by atoms with E-state index in [1.54, 1.807) is 12.1 Å². The van der Waals surface area contributed by atoms with E-state index >= 15 is 0 Å². The number of nitrogens with one attached hydrogen (secondary N) is 2. The van der Waals surface area contributed by atoms with Crippen LogP contribution in [0.3, 0.4) is 0 Å². The molecule has 2 aliphatic rings. The molecule has 1 aromatic carbocycles. The van der Waals surface area contributed by atoms with Crippen molar-refractivity contribution in [1.29, 1.82) is 0 Å². The van der Waals surface area contributed by atoms with Gasteiger partial charge in [-0.2, -0.15) is 0 Å². The highest BCUT2D eigenvalue weighted by Gasteiger charge is 2.57. The van der Waals surface area contributed by atoms with E-state index in [4.69, 9.17) is 0 Å². The van der Waals surface area contributed by atoms with Gasteiger partial charge in [0.2, 0.25) is 5.91 Å². The molecule has 3 atom stereocenters. The van der Waals surface area contributed by atoms with Crippen LogP contribution in [0.5, 0.6) is 0 Å². The summed E-state index contributed by atoms with van der Waals surface area (Å²) in [5.74, 6) is 0.710. The molecule has 5 nitrogen and oxygen atoms in total. The van der Waals surface area contributed by atoms with Gasteiger partial charge in [0.1, 0.15) is 17.7 Å². The van der Waals surface area contributed by atoms with E-state index in [1.165, 1.54) is 12.4 Å². The highest BCUT2D eigenvalue weighted by Crippen LogP contribution is 2.49. The number of fused-ring (bicyclic) bond motifs is 2. The fourth-order valence-corrected chi connectivity index (χ4v) is 3.81. The Morgan fingerprint density at radius 3 is 2.78 bits per heavy atom. The number of amides is 1. The number of carbonyl (C=O) groups is 1. The smallest absolute Gasteiger partial charge is 0.224 e. The number of hydrogen-bond acceptors (Lipinski definition) is 4. The van der Waals surface area contributed by atoms with Crippen LogP contribution in [0.25, 0.3) is 10.9 Å². The first kappa shape index (κ1) is 14.5. The largest absolute Gasteiger partial charge is 0.345 e. The minimum atomic E-state index is -0.684. The monoisotopic (exact) mass is 314 g/mol. The van der Waals surface area contributed by atoms with Gasteiger partial charge in [0.15, 0.2) is 0 Å². The van der Waals surface area contributed by atoms with Crippen molar-refractivity contribution >= 4 is 16.8 Å². The molecule has 4 rings (SSSR count). The highest BCUT2D eigenvalue weighted by atomic mass is 19.1.